The lowest BCUT2D eigenvalue weighted by atomic mass is 10.0. The molecule has 1 atom stereocenters. The first-order valence-electron chi connectivity index (χ1n) is 8.24. The van der Waals surface area contributed by atoms with Crippen molar-refractivity contribution in [2.45, 2.75) is 20.0 Å². The Bertz CT molecular complexity index is 750. The van der Waals surface area contributed by atoms with Crippen molar-refractivity contribution in [1.29, 1.82) is 0 Å². The van der Waals surface area contributed by atoms with Gasteiger partial charge in [-0.15, -0.1) is 0 Å². The van der Waals surface area contributed by atoms with Gasteiger partial charge in [-0.05, 0) is 42.7 Å². The Hall–Kier alpha value is -2.86. The molecule has 0 aliphatic rings. The number of carbonyl (C=O) groups is 2. The number of carboxylic acids is 1. The summed E-state index contributed by atoms with van der Waals surface area (Å²) in [4.78, 5) is 23.1. The number of rotatable bonds is 8. The molecule has 0 bridgehead atoms. The Morgan fingerprint density at radius 1 is 1.12 bits per heavy atom. The van der Waals surface area contributed by atoms with Crippen molar-refractivity contribution in [2.75, 3.05) is 20.3 Å². The minimum atomic E-state index is -1.04. The zero-order chi connectivity index (χ0) is 19.1. The van der Waals surface area contributed by atoms with Crippen molar-refractivity contribution < 1.29 is 24.2 Å². The van der Waals surface area contributed by atoms with Crippen molar-refractivity contribution >= 4 is 11.9 Å². The highest BCUT2D eigenvalue weighted by molar-refractivity contribution is 5.95. The van der Waals surface area contributed by atoms with Gasteiger partial charge >= 0.3 is 5.97 Å². The predicted molar refractivity (Wildman–Crippen MR) is 97.6 cm³/mol. The van der Waals surface area contributed by atoms with Crippen LogP contribution in [-0.4, -0.2) is 37.2 Å². The van der Waals surface area contributed by atoms with Crippen molar-refractivity contribution in [2.24, 2.45) is 0 Å². The highest BCUT2D eigenvalue weighted by Crippen LogP contribution is 2.25. The van der Waals surface area contributed by atoms with Crippen LogP contribution < -0.4 is 10.1 Å². The van der Waals surface area contributed by atoms with Crippen molar-refractivity contribution in [3.63, 3.8) is 0 Å². The molecule has 1 unspecified atom stereocenters. The maximum Gasteiger partial charge on any atom is 0.341 e. The van der Waals surface area contributed by atoms with Gasteiger partial charge in [-0.2, -0.15) is 0 Å². The number of aliphatic carboxylic acids is 1. The van der Waals surface area contributed by atoms with Gasteiger partial charge in [0.2, 0.25) is 0 Å². The average Bonchev–Trinajstić information content (AvgIpc) is 2.61. The van der Waals surface area contributed by atoms with Gasteiger partial charge in [0.05, 0.1) is 6.10 Å². The van der Waals surface area contributed by atoms with E-state index in [1.807, 2.05) is 30.3 Å². The van der Waals surface area contributed by atoms with Crippen LogP contribution in [0.25, 0.3) is 0 Å². The van der Waals surface area contributed by atoms with Crippen LogP contribution >= 0.6 is 0 Å². The first-order valence-corrected chi connectivity index (χ1v) is 8.24. The van der Waals surface area contributed by atoms with Crippen LogP contribution in [0.15, 0.2) is 42.5 Å². The quantitative estimate of drug-likeness (QED) is 0.759. The van der Waals surface area contributed by atoms with E-state index in [1.54, 1.807) is 33.1 Å². The first-order chi connectivity index (χ1) is 12.4. The minimum Gasteiger partial charge on any atom is -0.481 e. The maximum absolute atomic E-state index is 12.5. The summed E-state index contributed by atoms with van der Waals surface area (Å²) in [7, 11) is 1.60. The third-order valence-electron chi connectivity index (χ3n) is 3.97. The van der Waals surface area contributed by atoms with Gasteiger partial charge in [-0.1, -0.05) is 30.3 Å². The number of amides is 1. The number of nitrogens with one attached hydrogen (secondary N) is 1. The fraction of sp³-hybridized carbons (Fsp3) is 0.300. The Morgan fingerprint density at radius 2 is 1.73 bits per heavy atom. The second-order valence-electron chi connectivity index (χ2n) is 5.97. The maximum atomic E-state index is 12.5. The summed E-state index contributed by atoms with van der Waals surface area (Å²) >= 11 is 0. The van der Waals surface area contributed by atoms with Crippen LogP contribution in [0.2, 0.25) is 0 Å². The van der Waals surface area contributed by atoms with Crippen LogP contribution in [0.3, 0.4) is 0 Å². The lowest BCUT2D eigenvalue weighted by Crippen LogP contribution is -2.29. The third kappa shape index (κ3) is 5.07. The van der Waals surface area contributed by atoms with Crippen molar-refractivity contribution in [3.05, 3.63) is 64.7 Å². The highest BCUT2D eigenvalue weighted by Gasteiger charge is 2.15. The summed E-state index contributed by atoms with van der Waals surface area (Å²) < 4.78 is 10.7. The summed E-state index contributed by atoms with van der Waals surface area (Å²) in [6.07, 6.45) is -0.236. The van der Waals surface area contributed by atoms with Crippen LogP contribution in [0.1, 0.15) is 33.2 Å². The molecular formula is C20H23NO5. The Morgan fingerprint density at radius 3 is 2.27 bits per heavy atom. The number of methoxy groups -OCH3 is 1. The molecule has 0 fully saturated rings. The van der Waals surface area contributed by atoms with Crippen LogP contribution in [0.5, 0.6) is 5.75 Å². The Kier molecular flexibility index (Phi) is 6.74. The molecule has 26 heavy (non-hydrogen) atoms. The van der Waals surface area contributed by atoms with E-state index in [0.29, 0.717) is 29.0 Å². The first kappa shape index (κ1) is 19.5. The van der Waals surface area contributed by atoms with Crippen molar-refractivity contribution in [3.8, 4) is 5.75 Å². The Balaban J connectivity index is 2.06. The van der Waals surface area contributed by atoms with E-state index in [4.69, 9.17) is 14.6 Å². The van der Waals surface area contributed by atoms with E-state index in [1.165, 1.54) is 0 Å². The molecule has 0 aromatic heterocycles. The van der Waals surface area contributed by atoms with Crippen LogP contribution in [0, 0.1) is 13.8 Å². The van der Waals surface area contributed by atoms with Gasteiger partial charge in [0.1, 0.15) is 5.75 Å². The van der Waals surface area contributed by atoms with E-state index >= 15 is 0 Å². The normalized spacial score (nSPS) is 11.7. The molecule has 0 heterocycles. The van der Waals surface area contributed by atoms with Crippen LogP contribution in [0.4, 0.5) is 0 Å². The molecule has 0 aliphatic heterocycles. The van der Waals surface area contributed by atoms with Crippen molar-refractivity contribution in [1.82, 2.24) is 5.32 Å². The number of carboxylic acid groups (broad SMARTS) is 1. The monoisotopic (exact) mass is 357 g/mol. The molecule has 2 aromatic rings. The smallest absolute Gasteiger partial charge is 0.341 e. The number of benzene rings is 2. The van der Waals surface area contributed by atoms with E-state index in [0.717, 1.165) is 5.56 Å². The molecule has 6 nitrogen and oxygen atoms in total. The molecule has 1 amide bonds. The summed E-state index contributed by atoms with van der Waals surface area (Å²) in [5.74, 6) is -0.779. The molecule has 0 saturated carbocycles. The third-order valence-corrected chi connectivity index (χ3v) is 3.97. The van der Waals surface area contributed by atoms with Gasteiger partial charge < -0.3 is 19.9 Å². The standard InChI is InChI=1S/C20H23NO5/c1-13-9-16(10-14(2)19(13)26-12-18(22)23)20(24)21-11-17(25-3)15-7-5-4-6-8-15/h4-10,17H,11-12H2,1-3H3,(H,21,24)(H,22,23). The summed E-state index contributed by atoms with van der Waals surface area (Å²) in [6.45, 7) is 3.49. The van der Waals surface area contributed by atoms with Gasteiger partial charge in [-0.25, -0.2) is 4.79 Å². The SMILES string of the molecule is COC(CNC(=O)c1cc(C)c(OCC(=O)O)c(C)c1)c1ccccc1. The Labute approximate surface area is 152 Å². The fourth-order valence-corrected chi connectivity index (χ4v) is 2.74. The molecule has 0 saturated heterocycles. The van der Waals surface area contributed by atoms with Gasteiger partial charge in [0.15, 0.2) is 6.61 Å². The number of ether oxygens (including phenoxy) is 2. The number of carbonyl (C=O) groups excluding carboxylic acids is 1. The zero-order valence-electron chi connectivity index (χ0n) is 15.1. The lowest BCUT2D eigenvalue weighted by molar-refractivity contribution is -0.139. The topological polar surface area (TPSA) is 84.9 Å². The molecule has 2 rings (SSSR count). The molecule has 2 aromatic carbocycles. The van der Waals surface area contributed by atoms with E-state index in [-0.39, 0.29) is 12.0 Å². The number of aryl methyl sites for hydroxylation is 2. The summed E-state index contributed by atoms with van der Waals surface area (Å²) in [5, 5.41) is 11.6. The average molecular weight is 357 g/mol. The zero-order valence-corrected chi connectivity index (χ0v) is 15.1. The summed E-state index contributed by atoms with van der Waals surface area (Å²) in [6, 6.07) is 13.0. The molecule has 0 aliphatic carbocycles. The van der Waals surface area contributed by atoms with E-state index < -0.39 is 12.6 Å². The van der Waals surface area contributed by atoms with Crippen LogP contribution in [-0.2, 0) is 9.53 Å². The van der Waals surface area contributed by atoms with Gasteiger partial charge in [-0.3, -0.25) is 4.79 Å². The van der Waals surface area contributed by atoms with Gasteiger partial charge in [0, 0.05) is 19.2 Å². The molecule has 2 N–H and O–H groups in total. The van der Waals surface area contributed by atoms with Gasteiger partial charge in [0.25, 0.3) is 5.91 Å². The molecular weight excluding hydrogens is 334 g/mol. The minimum absolute atomic E-state index is 0.223. The molecule has 0 spiro atoms. The van der Waals surface area contributed by atoms with E-state index in [2.05, 4.69) is 5.32 Å². The second-order valence-corrected chi connectivity index (χ2v) is 5.97. The predicted octanol–water partition coefficient (Wildman–Crippen LogP) is 2.88. The highest BCUT2D eigenvalue weighted by atomic mass is 16.5. The fourth-order valence-electron chi connectivity index (χ4n) is 2.74. The summed E-state index contributed by atoms with van der Waals surface area (Å²) in [5.41, 5.74) is 2.90. The largest absolute Gasteiger partial charge is 0.481 e. The number of hydrogen-bond donors (Lipinski definition) is 2. The lowest BCUT2D eigenvalue weighted by Gasteiger charge is -2.17. The number of hydrogen-bond acceptors (Lipinski definition) is 4. The second kappa shape index (κ2) is 9.01. The molecule has 6 heteroatoms. The molecule has 0 radical (unpaired) electrons. The van der Waals surface area contributed by atoms with E-state index in [9.17, 15) is 9.59 Å². The molecule has 138 valence electrons.